The van der Waals surface area contributed by atoms with Gasteiger partial charge in [-0.3, -0.25) is 4.79 Å². The minimum absolute atomic E-state index is 0.212. The third-order valence-electron chi connectivity index (χ3n) is 3.64. The molecule has 1 heterocycles. The van der Waals surface area contributed by atoms with E-state index in [0.29, 0.717) is 12.2 Å². The fraction of sp³-hybridized carbons (Fsp3) is 0.167. The quantitative estimate of drug-likeness (QED) is 0.577. The molecule has 1 fully saturated rings. The van der Waals surface area contributed by atoms with Gasteiger partial charge in [0, 0.05) is 12.5 Å². The molecular weight excluding hydrogens is 248 g/mol. The van der Waals surface area contributed by atoms with E-state index < -0.39 is 0 Å². The monoisotopic (exact) mass is 262 g/mol. The van der Waals surface area contributed by atoms with Gasteiger partial charge in [-0.15, -0.1) is 6.42 Å². The van der Waals surface area contributed by atoms with Gasteiger partial charge in [0.15, 0.2) is 0 Å². The van der Waals surface area contributed by atoms with Gasteiger partial charge in [0.05, 0.1) is 5.92 Å². The van der Waals surface area contributed by atoms with Gasteiger partial charge in [-0.05, 0) is 22.8 Å². The van der Waals surface area contributed by atoms with Crippen molar-refractivity contribution in [3.8, 4) is 12.3 Å². The van der Waals surface area contributed by atoms with Crippen LogP contribution in [0.4, 0.5) is 0 Å². The van der Waals surface area contributed by atoms with Gasteiger partial charge in [-0.2, -0.15) is 0 Å². The van der Waals surface area contributed by atoms with Crippen LogP contribution in [0.3, 0.4) is 0 Å². The van der Waals surface area contributed by atoms with E-state index in [4.69, 9.17) is 11.2 Å². The summed E-state index contributed by atoms with van der Waals surface area (Å²) in [6, 6.07) is 14.1. The Labute approximate surface area is 118 Å². The number of fused-ring (bicyclic) bond motifs is 1. The summed E-state index contributed by atoms with van der Waals surface area (Å²) in [7, 11) is 0. The van der Waals surface area contributed by atoms with Crippen LogP contribution in [0.5, 0.6) is 0 Å². The van der Waals surface area contributed by atoms with Crippen molar-refractivity contribution in [1.82, 2.24) is 0 Å². The first-order valence-corrected chi connectivity index (χ1v) is 6.64. The molecule has 2 aromatic carbocycles. The number of terminal acetylenes is 1. The normalized spacial score (nSPS) is 20.6. The number of ether oxygens (including phenoxy) is 1. The van der Waals surface area contributed by atoms with Gasteiger partial charge in [0.25, 0.3) is 0 Å². The van der Waals surface area contributed by atoms with Crippen LogP contribution >= 0.6 is 0 Å². The largest absolute Gasteiger partial charge is 0.430 e. The fourth-order valence-electron chi connectivity index (χ4n) is 2.69. The second-order valence-electron chi connectivity index (χ2n) is 4.86. The second kappa shape index (κ2) is 5.22. The molecule has 1 aliphatic heterocycles. The number of hydrogen-bond donors (Lipinski definition) is 0. The van der Waals surface area contributed by atoms with Crippen LogP contribution in [0, 0.1) is 12.3 Å². The van der Waals surface area contributed by atoms with Crippen LogP contribution in [0.2, 0.25) is 0 Å². The first kappa shape index (κ1) is 12.5. The molecule has 0 amide bonds. The summed E-state index contributed by atoms with van der Waals surface area (Å²) in [6.07, 6.45) is 8.17. The Morgan fingerprint density at radius 2 is 2.00 bits per heavy atom. The van der Waals surface area contributed by atoms with Crippen LogP contribution in [0.15, 0.2) is 54.3 Å². The first-order valence-electron chi connectivity index (χ1n) is 6.64. The molecule has 2 nitrogen and oxygen atoms in total. The van der Waals surface area contributed by atoms with Crippen molar-refractivity contribution < 1.29 is 9.53 Å². The maximum Gasteiger partial charge on any atom is 0.318 e. The molecule has 1 atom stereocenters. The highest BCUT2D eigenvalue weighted by Crippen LogP contribution is 2.34. The predicted octanol–water partition coefficient (Wildman–Crippen LogP) is 3.78. The lowest BCUT2D eigenvalue weighted by Crippen LogP contribution is -2.21. The van der Waals surface area contributed by atoms with Crippen molar-refractivity contribution in [3.05, 3.63) is 59.9 Å². The van der Waals surface area contributed by atoms with E-state index in [1.54, 1.807) is 0 Å². The van der Waals surface area contributed by atoms with Gasteiger partial charge in [-0.25, -0.2) is 0 Å². The Morgan fingerprint density at radius 1 is 1.20 bits per heavy atom. The lowest BCUT2D eigenvalue weighted by atomic mass is 9.88. The minimum atomic E-state index is -0.214. The molecule has 0 saturated carbocycles. The van der Waals surface area contributed by atoms with E-state index >= 15 is 0 Å². The van der Waals surface area contributed by atoms with E-state index in [1.807, 2.05) is 30.3 Å². The molecule has 0 N–H and O–H groups in total. The molecule has 1 aliphatic rings. The Kier molecular flexibility index (Phi) is 3.26. The number of cyclic esters (lactones) is 1. The van der Waals surface area contributed by atoms with Crippen LogP contribution in [0.1, 0.15) is 24.3 Å². The van der Waals surface area contributed by atoms with Gasteiger partial charge >= 0.3 is 5.97 Å². The number of esters is 1. The van der Waals surface area contributed by atoms with Crippen LogP contribution in [0.25, 0.3) is 10.8 Å². The Morgan fingerprint density at radius 3 is 2.80 bits per heavy atom. The summed E-state index contributed by atoms with van der Waals surface area (Å²) >= 11 is 0. The smallest absolute Gasteiger partial charge is 0.318 e. The van der Waals surface area contributed by atoms with Crippen molar-refractivity contribution in [2.75, 3.05) is 0 Å². The minimum Gasteiger partial charge on any atom is -0.430 e. The van der Waals surface area contributed by atoms with Crippen LogP contribution in [-0.4, -0.2) is 5.97 Å². The SMILES string of the molecule is C#CC=C1CCC(c2cccc3ccccc23)C(=O)O1. The third-order valence-corrected chi connectivity index (χ3v) is 3.64. The van der Waals surface area contributed by atoms with Gasteiger partial charge in [0.1, 0.15) is 5.76 Å². The Balaban J connectivity index is 1.99. The fourth-order valence-corrected chi connectivity index (χ4v) is 2.69. The summed E-state index contributed by atoms with van der Waals surface area (Å²) in [5, 5.41) is 2.25. The van der Waals surface area contributed by atoms with Gasteiger partial charge < -0.3 is 4.74 Å². The molecule has 0 radical (unpaired) electrons. The standard InChI is InChI=1S/C18H14O2/c1-2-6-14-11-12-17(18(19)20-14)16-10-5-8-13-7-3-4-9-15(13)16/h1,3-10,17H,11-12H2. The molecule has 1 saturated heterocycles. The molecular formula is C18H14O2. The highest BCUT2D eigenvalue weighted by molar-refractivity contribution is 5.91. The molecule has 1 unspecified atom stereocenters. The Hall–Kier alpha value is -2.53. The number of rotatable bonds is 1. The highest BCUT2D eigenvalue weighted by Gasteiger charge is 2.29. The topological polar surface area (TPSA) is 26.3 Å². The summed E-state index contributed by atoms with van der Waals surface area (Å²) in [5.74, 6) is 2.57. The lowest BCUT2D eigenvalue weighted by molar-refractivity contribution is -0.143. The summed E-state index contributed by atoms with van der Waals surface area (Å²) in [6.45, 7) is 0. The van der Waals surface area contributed by atoms with Gasteiger partial charge in [-0.1, -0.05) is 48.4 Å². The van der Waals surface area contributed by atoms with Crippen LogP contribution < -0.4 is 0 Å². The van der Waals surface area contributed by atoms with Crippen molar-refractivity contribution >= 4 is 16.7 Å². The number of carbonyl (C=O) groups is 1. The van der Waals surface area contributed by atoms with E-state index in [-0.39, 0.29) is 11.9 Å². The van der Waals surface area contributed by atoms with E-state index in [0.717, 1.165) is 22.8 Å². The molecule has 98 valence electrons. The molecule has 0 bridgehead atoms. The predicted molar refractivity (Wildman–Crippen MR) is 78.9 cm³/mol. The highest BCUT2D eigenvalue weighted by atomic mass is 16.5. The molecule has 0 aromatic heterocycles. The van der Waals surface area contributed by atoms with Crippen molar-refractivity contribution in [2.45, 2.75) is 18.8 Å². The number of allylic oxidation sites excluding steroid dienone is 2. The average molecular weight is 262 g/mol. The molecule has 2 aromatic rings. The zero-order chi connectivity index (χ0) is 13.9. The molecule has 0 aliphatic carbocycles. The maximum atomic E-state index is 12.2. The third kappa shape index (κ3) is 2.19. The van der Waals surface area contributed by atoms with Crippen molar-refractivity contribution in [1.29, 1.82) is 0 Å². The molecule has 0 spiro atoms. The van der Waals surface area contributed by atoms with E-state index in [2.05, 4.69) is 18.1 Å². The molecule has 2 heteroatoms. The molecule has 20 heavy (non-hydrogen) atoms. The summed E-state index contributed by atoms with van der Waals surface area (Å²) in [5.41, 5.74) is 1.04. The number of benzene rings is 2. The molecule has 3 rings (SSSR count). The summed E-state index contributed by atoms with van der Waals surface area (Å²) in [4.78, 5) is 12.2. The first-order chi connectivity index (χ1) is 9.79. The maximum absolute atomic E-state index is 12.2. The van der Waals surface area contributed by atoms with E-state index in [1.165, 1.54) is 6.08 Å². The average Bonchev–Trinajstić information content (AvgIpc) is 2.47. The summed E-state index contributed by atoms with van der Waals surface area (Å²) < 4.78 is 5.32. The number of carbonyl (C=O) groups excluding carboxylic acids is 1. The van der Waals surface area contributed by atoms with Crippen LogP contribution in [-0.2, 0) is 9.53 Å². The van der Waals surface area contributed by atoms with Crippen molar-refractivity contribution in [2.24, 2.45) is 0 Å². The zero-order valence-electron chi connectivity index (χ0n) is 11.0. The van der Waals surface area contributed by atoms with Crippen molar-refractivity contribution in [3.63, 3.8) is 0 Å². The Bertz CT molecular complexity index is 729. The second-order valence-corrected chi connectivity index (χ2v) is 4.86. The lowest BCUT2D eigenvalue weighted by Gasteiger charge is -2.23. The zero-order valence-corrected chi connectivity index (χ0v) is 11.0. The number of hydrogen-bond acceptors (Lipinski definition) is 2. The van der Waals surface area contributed by atoms with Gasteiger partial charge in [0.2, 0.25) is 0 Å². The van der Waals surface area contributed by atoms with E-state index in [9.17, 15) is 4.79 Å².